The fraction of sp³-hybridized carbons (Fsp3) is 0.214. The molecule has 0 spiro atoms. The SMILES string of the molecule is C=C(C)C(/C=C\C)=C/Cc1ccccn1. The Hall–Kier alpha value is -1.63. The lowest BCUT2D eigenvalue weighted by atomic mass is 10.1. The van der Waals surface area contributed by atoms with Crippen LogP contribution in [0.1, 0.15) is 19.5 Å². The van der Waals surface area contributed by atoms with Gasteiger partial charge in [0.2, 0.25) is 0 Å². The molecule has 0 bridgehead atoms. The molecule has 15 heavy (non-hydrogen) atoms. The van der Waals surface area contributed by atoms with Crippen LogP contribution in [0.2, 0.25) is 0 Å². The number of hydrogen-bond acceptors (Lipinski definition) is 1. The first-order valence-corrected chi connectivity index (χ1v) is 5.12. The highest BCUT2D eigenvalue weighted by atomic mass is 14.7. The molecule has 0 fully saturated rings. The van der Waals surface area contributed by atoms with E-state index in [2.05, 4.69) is 23.7 Å². The normalized spacial score (nSPS) is 12.0. The Kier molecular flexibility index (Phi) is 4.55. The predicted octanol–water partition coefficient (Wildman–Crippen LogP) is 3.70. The molecule has 1 aromatic heterocycles. The van der Waals surface area contributed by atoms with Crippen LogP contribution in [0, 0.1) is 0 Å². The first-order valence-electron chi connectivity index (χ1n) is 5.12. The Morgan fingerprint density at radius 1 is 1.47 bits per heavy atom. The van der Waals surface area contributed by atoms with Gasteiger partial charge in [0.1, 0.15) is 0 Å². The summed E-state index contributed by atoms with van der Waals surface area (Å²) in [6, 6.07) is 5.97. The maximum absolute atomic E-state index is 4.27. The number of nitrogens with zero attached hydrogens (tertiary/aromatic N) is 1. The van der Waals surface area contributed by atoms with Crippen LogP contribution in [0.5, 0.6) is 0 Å². The highest BCUT2D eigenvalue weighted by molar-refractivity contribution is 5.37. The van der Waals surface area contributed by atoms with Crippen molar-refractivity contribution >= 4 is 0 Å². The predicted molar refractivity (Wildman–Crippen MR) is 65.7 cm³/mol. The van der Waals surface area contributed by atoms with E-state index in [1.54, 1.807) is 0 Å². The molecular weight excluding hydrogens is 182 g/mol. The second-order valence-corrected chi connectivity index (χ2v) is 3.46. The van der Waals surface area contributed by atoms with Crippen molar-refractivity contribution in [3.05, 3.63) is 66.0 Å². The quantitative estimate of drug-likeness (QED) is 0.674. The second kappa shape index (κ2) is 5.97. The molecule has 0 aromatic carbocycles. The summed E-state index contributed by atoms with van der Waals surface area (Å²) < 4.78 is 0. The van der Waals surface area contributed by atoms with Crippen molar-refractivity contribution in [1.29, 1.82) is 0 Å². The summed E-state index contributed by atoms with van der Waals surface area (Å²) in [6.07, 6.45) is 8.93. The van der Waals surface area contributed by atoms with Crippen LogP contribution in [0.15, 0.2) is 60.3 Å². The third kappa shape index (κ3) is 3.94. The fourth-order valence-electron chi connectivity index (χ4n) is 1.30. The van der Waals surface area contributed by atoms with E-state index in [0.29, 0.717) is 0 Å². The number of hydrogen-bond donors (Lipinski definition) is 0. The minimum Gasteiger partial charge on any atom is -0.261 e. The maximum Gasteiger partial charge on any atom is 0.0441 e. The number of allylic oxidation sites excluding steroid dienone is 5. The van der Waals surface area contributed by atoms with Crippen LogP contribution in [0.25, 0.3) is 0 Å². The lowest BCUT2D eigenvalue weighted by Crippen LogP contribution is -1.87. The van der Waals surface area contributed by atoms with Crippen LogP contribution in [0.3, 0.4) is 0 Å². The average molecular weight is 199 g/mol. The van der Waals surface area contributed by atoms with Crippen molar-refractivity contribution in [2.75, 3.05) is 0 Å². The first-order chi connectivity index (χ1) is 7.24. The molecule has 0 atom stereocenters. The van der Waals surface area contributed by atoms with Crippen molar-refractivity contribution < 1.29 is 0 Å². The van der Waals surface area contributed by atoms with Crippen molar-refractivity contribution in [2.24, 2.45) is 0 Å². The zero-order chi connectivity index (χ0) is 11.1. The Morgan fingerprint density at radius 3 is 2.80 bits per heavy atom. The summed E-state index contributed by atoms with van der Waals surface area (Å²) >= 11 is 0. The highest BCUT2D eigenvalue weighted by Gasteiger charge is 1.94. The third-order valence-electron chi connectivity index (χ3n) is 2.10. The summed E-state index contributed by atoms with van der Waals surface area (Å²) in [7, 11) is 0. The topological polar surface area (TPSA) is 12.9 Å². The molecule has 0 aliphatic heterocycles. The van der Waals surface area contributed by atoms with Crippen molar-refractivity contribution in [1.82, 2.24) is 4.98 Å². The first kappa shape index (κ1) is 11.4. The van der Waals surface area contributed by atoms with E-state index < -0.39 is 0 Å². The van der Waals surface area contributed by atoms with Crippen LogP contribution >= 0.6 is 0 Å². The van der Waals surface area contributed by atoms with Crippen molar-refractivity contribution in [3.63, 3.8) is 0 Å². The fourth-order valence-corrected chi connectivity index (χ4v) is 1.30. The second-order valence-electron chi connectivity index (χ2n) is 3.46. The molecule has 1 nitrogen and oxygen atoms in total. The Bertz CT molecular complexity index is 372. The summed E-state index contributed by atoms with van der Waals surface area (Å²) in [4.78, 5) is 4.27. The molecule has 0 amide bonds. The molecule has 0 saturated carbocycles. The van der Waals surface area contributed by atoms with Gasteiger partial charge in [-0.05, 0) is 31.6 Å². The zero-order valence-corrected chi connectivity index (χ0v) is 9.40. The maximum atomic E-state index is 4.27. The average Bonchev–Trinajstić information content (AvgIpc) is 2.25. The van der Waals surface area contributed by atoms with E-state index in [1.165, 1.54) is 5.57 Å². The van der Waals surface area contributed by atoms with Gasteiger partial charge in [-0.1, -0.05) is 36.4 Å². The highest BCUT2D eigenvalue weighted by Crippen LogP contribution is 2.10. The molecule has 1 aromatic rings. The number of pyridine rings is 1. The van der Waals surface area contributed by atoms with E-state index >= 15 is 0 Å². The Labute approximate surface area is 91.9 Å². The molecule has 0 saturated heterocycles. The smallest absolute Gasteiger partial charge is 0.0441 e. The van der Waals surface area contributed by atoms with Crippen LogP contribution in [-0.4, -0.2) is 4.98 Å². The zero-order valence-electron chi connectivity index (χ0n) is 9.40. The van der Waals surface area contributed by atoms with Gasteiger partial charge in [-0.15, -0.1) is 0 Å². The van der Waals surface area contributed by atoms with E-state index in [1.807, 2.05) is 44.3 Å². The lowest BCUT2D eigenvalue weighted by molar-refractivity contribution is 1.10. The van der Waals surface area contributed by atoms with Gasteiger partial charge in [0.25, 0.3) is 0 Å². The Balaban J connectivity index is 2.74. The van der Waals surface area contributed by atoms with Crippen LogP contribution < -0.4 is 0 Å². The molecule has 78 valence electrons. The largest absolute Gasteiger partial charge is 0.261 e. The molecule has 1 heterocycles. The third-order valence-corrected chi connectivity index (χ3v) is 2.10. The number of aromatic nitrogens is 1. The molecule has 0 aliphatic carbocycles. The van der Waals surface area contributed by atoms with Gasteiger partial charge in [-0.2, -0.15) is 0 Å². The minimum absolute atomic E-state index is 0.855. The summed E-state index contributed by atoms with van der Waals surface area (Å²) in [6.45, 7) is 7.98. The van der Waals surface area contributed by atoms with Gasteiger partial charge in [0.05, 0.1) is 0 Å². The molecular formula is C14H17N. The molecule has 0 radical (unpaired) electrons. The summed E-state index contributed by atoms with van der Waals surface area (Å²) in [5, 5.41) is 0. The summed E-state index contributed by atoms with van der Waals surface area (Å²) in [5.74, 6) is 0. The van der Waals surface area contributed by atoms with Gasteiger partial charge in [0, 0.05) is 18.3 Å². The van der Waals surface area contributed by atoms with Gasteiger partial charge >= 0.3 is 0 Å². The lowest BCUT2D eigenvalue weighted by Gasteiger charge is -2.00. The van der Waals surface area contributed by atoms with E-state index in [4.69, 9.17) is 0 Å². The van der Waals surface area contributed by atoms with Crippen LogP contribution in [0.4, 0.5) is 0 Å². The minimum atomic E-state index is 0.855. The van der Waals surface area contributed by atoms with Gasteiger partial charge < -0.3 is 0 Å². The van der Waals surface area contributed by atoms with E-state index in [0.717, 1.165) is 17.7 Å². The van der Waals surface area contributed by atoms with Gasteiger partial charge in [-0.3, -0.25) is 4.98 Å². The molecule has 0 N–H and O–H groups in total. The molecule has 1 heteroatoms. The molecule has 1 rings (SSSR count). The standard InChI is InChI=1S/C14H17N/c1-4-7-13(12(2)3)9-10-14-8-5-6-11-15-14/h4-9,11H,2,10H2,1,3H3/b7-4-,13-9+. The van der Waals surface area contributed by atoms with Gasteiger partial charge in [-0.25, -0.2) is 0 Å². The van der Waals surface area contributed by atoms with Crippen molar-refractivity contribution in [3.8, 4) is 0 Å². The molecule has 0 unspecified atom stereocenters. The monoisotopic (exact) mass is 199 g/mol. The molecule has 0 aliphatic rings. The van der Waals surface area contributed by atoms with Gasteiger partial charge in [0.15, 0.2) is 0 Å². The Morgan fingerprint density at radius 2 is 2.27 bits per heavy atom. The number of rotatable bonds is 4. The van der Waals surface area contributed by atoms with E-state index in [9.17, 15) is 0 Å². The summed E-state index contributed by atoms with van der Waals surface area (Å²) in [5.41, 5.74) is 3.35. The van der Waals surface area contributed by atoms with E-state index in [-0.39, 0.29) is 0 Å². The van der Waals surface area contributed by atoms with Crippen LogP contribution in [-0.2, 0) is 6.42 Å². The van der Waals surface area contributed by atoms with Crippen molar-refractivity contribution in [2.45, 2.75) is 20.3 Å².